The fraction of sp³-hybridized carbons (Fsp3) is 0. The number of nitro benzene ring substituents is 1. The standard InChI is InChI=1S/C18H13N3O3/c22-20-16(10-9-14-5-2-1-3-6-14)11-12-19-18(20)15-7-4-8-17(13-15)21(23)24/h1-13H/b10-9+. The molecule has 0 bridgehead atoms. The third-order valence-electron chi connectivity index (χ3n) is 3.43. The van der Waals surface area contributed by atoms with Crippen molar-refractivity contribution in [3.05, 3.63) is 93.4 Å². The summed E-state index contributed by atoms with van der Waals surface area (Å²) in [5.74, 6) is 0.119. The van der Waals surface area contributed by atoms with Crippen LogP contribution in [0.4, 0.5) is 5.69 Å². The normalized spacial score (nSPS) is 10.8. The van der Waals surface area contributed by atoms with E-state index in [2.05, 4.69) is 4.98 Å². The van der Waals surface area contributed by atoms with Crippen LogP contribution >= 0.6 is 0 Å². The Morgan fingerprint density at radius 1 is 1.00 bits per heavy atom. The van der Waals surface area contributed by atoms with E-state index in [1.807, 2.05) is 36.4 Å². The topological polar surface area (TPSA) is 83.0 Å². The zero-order valence-electron chi connectivity index (χ0n) is 12.6. The Balaban J connectivity index is 1.98. The summed E-state index contributed by atoms with van der Waals surface area (Å²) in [6.45, 7) is 0. The average molecular weight is 319 g/mol. The predicted octanol–water partition coefficient (Wildman–Crippen LogP) is 3.46. The zero-order valence-corrected chi connectivity index (χ0v) is 12.6. The molecular formula is C18H13N3O3. The number of hydrogen-bond donors (Lipinski definition) is 0. The second-order valence-corrected chi connectivity index (χ2v) is 5.04. The van der Waals surface area contributed by atoms with Gasteiger partial charge in [-0.05, 0) is 22.7 Å². The summed E-state index contributed by atoms with van der Waals surface area (Å²) in [6.07, 6.45) is 5.01. The second-order valence-electron chi connectivity index (χ2n) is 5.04. The van der Waals surface area contributed by atoms with Crippen LogP contribution in [-0.4, -0.2) is 9.91 Å². The molecule has 0 unspecified atom stereocenters. The fourth-order valence-corrected chi connectivity index (χ4v) is 2.25. The van der Waals surface area contributed by atoms with Crippen LogP contribution in [0.2, 0.25) is 0 Å². The Kier molecular flexibility index (Phi) is 4.29. The molecule has 0 N–H and O–H groups in total. The third-order valence-corrected chi connectivity index (χ3v) is 3.43. The third kappa shape index (κ3) is 3.27. The fourth-order valence-electron chi connectivity index (χ4n) is 2.25. The average Bonchev–Trinajstić information content (AvgIpc) is 2.62. The monoisotopic (exact) mass is 319 g/mol. The van der Waals surface area contributed by atoms with Gasteiger partial charge in [-0.3, -0.25) is 10.1 Å². The Morgan fingerprint density at radius 2 is 1.79 bits per heavy atom. The Hall–Kier alpha value is -3.54. The lowest BCUT2D eigenvalue weighted by Gasteiger charge is -2.09. The summed E-state index contributed by atoms with van der Waals surface area (Å²) < 4.78 is 0.665. The molecule has 0 amide bonds. The molecule has 0 radical (unpaired) electrons. The highest BCUT2D eigenvalue weighted by Crippen LogP contribution is 2.20. The molecule has 118 valence electrons. The van der Waals surface area contributed by atoms with Gasteiger partial charge >= 0.3 is 5.82 Å². The number of aromatic nitrogens is 2. The molecule has 0 fully saturated rings. The summed E-state index contributed by atoms with van der Waals surface area (Å²) in [7, 11) is 0. The summed E-state index contributed by atoms with van der Waals surface area (Å²) in [5.41, 5.74) is 1.68. The smallest absolute Gasteiger partial charge is 0.333 e. The van der Waals surface area contributed by atoms with Crippen molar-refractivity contribution in [2.24, 2.45) is 0 Å². The van der Waals surface area contributed by atoms with E-state index < -0.39 is 4.92 Å². The van der Waals surface area contributed by atoms with Crippen molar-refractivity contribution < 1.29 is 9.65 Å². The SMILES string of the molecule is O=[N+]([O-])c1cccc(-c2nccc(/C=C/c3ccccc3)[n+]2[O-])c1. The van der Waals surface area contributed by atoms with Gasteiger partial charge in [-0.2, -0.15) is 0 Å². The molecule has 0 aliphatic heterocycles. The van der Waals surface area contributed by atoms with Crippen LogP contribution in [0.3, 0.4) is 0 Å². The van der Waals surface area contributed by atoms with Crippen molar-refractivity contribution in [1.29, 1.82) is 0 Å². The quantitative estimate of drug-likeness (QED) is 0.319. The van der Waals surface area contributed by atoms with Crippen molar-refractivity contribution in [3.63, 3.8) is 0 Å². The van der Waals surface area contributed by atoms with Gasteiger partial charge in [-0.1, -0.05) is 42.5 Å². The molecule has 0 atom stereocenters. The second kappa shape index (κ2) is 6.70. The van der Waals surface area contributed by atoms with Crippen molar-refractivity contribution in [1.82, 2.24) is 4.98 Å². The van der Waals surface area contributed by atoms with E-state index in [1.54, 1.807) is 18.2 Å². The lowest BCUT2D eigenvalue weighted by Crippen LogP contribution is -2.33. The van der Waals surface area contributed by atoms with Gasteiger partial charge in [0.25, 0.3) is 5.69 Å². The molecule has 0 saturated carbocycles. The van der Waals surface area contributed by atoms with Gasteiger partial charge in [0.15, 0.2) is 0 Å². The molecular weight excluding hydrogens is 306 g/mol. The van der Waals surface area contributed by atoms with E-state index in [-0.39, 0.29) is 11.5 Å². The number of rotatable bonds is 4. The van der Waals surface area contributed by atoms with Gasteiger partial charge in [0.2, 0.25) is 0 Å². The highest BCUT2D eigenvalue weighted by Gasteiger charge is 2.16. The lowest BCUT2D eigenvalue weighted by molar-refractivity contribution is -0.598. The van der Waals surface area contributed by atoms with E-state index in [0.717, 1.165) is 5.56 Å². The van der Waals surface area contributed by atoms with Gasteiger partial charge in [0.05, 0.1) is 10.5 Å². The maximum Gasteiger partial charge on any atom is 0.333 e. The van der Waals surface area contributed by atoms with Crippen LogP contribution in [0.25, 0.3) is 23.5 Å². The molecule has 1 heterocycles. The molecule has 0 spiro atoms. The minimum Gasteiger partial charge on any atom is -0.710 e. The number of benzene rings is 2. The lowest BCUT2D eigenvalue weighted by atomic mass is 10.1. The minimum absolute atomic E-state index is 0.0838. The minimum atomic E-state index is -0.502. The summed E-state index contributed by atoms with van der Waals surface area (Å²) >= 11 is 0. The van der Waals surface area contributed by atoms with Crippen LogP contribution in [0.15, 0.2) is 66.9 Å². The Morgan fingerprint density at radius 3 is 2.54 bits per heavy atom. The van der Waals surface area contributed by atoms with E-state index in [4.69, 9.17) is 0 Å². The van der Waals surface area contributed by atoms with Gasteiger partial charge in [-0.25, -0.2) is 4.73 Å². The number of hydrogen-bond acceptors (Lipinski definition) is 4. The Labute approximate surface area is 138 Å². The van der Waals surface area contributed by atoms with Crippen molar-refractivity contribution in [3.8, 4) is 11.4 Å². The van der Waals surface area contributed by atoms with E-state index in [1.165, 1.54) is 24.4 Å². The number of nitro groups is 1. The molecule has 1 aromatic heterocycles. The van der Waals surface area contributed by atoms with Crippen LogP contribution < -0.4 is 4.73 Å². The molecule has 0 aliphatic rings. The maximum atomic E-state index is 12.5. The molecule has 6 heteroatoms. The molecule has 3 rings (SSSR count). The van der Waals surface area contributed by atoms with E-state index in [9.17, 15) is 15.3 Å². The van der Waals surface area contributed by atoms with E-state index >= 15 is 0 Å². The van der Waals surface area contributed by atoms with Crippen LogP contribution in [0.5, 0.6) is 0 Å². The highest BCUT2D eigenvalue weighted by molar-refractivity contribution is 5.67. The molecule has 0 saturated heterocycles. The molecule has 0 aliphatic carbocycles. The first-order valence-electron chi connectivity index (χ1n) is 7.22. The summed E-state index contributed by atoms with van der Waals surface area (Å²) in [5, 5.41) is 23.4. The first-order valence-corrected chi connectivity index (χ1v) is 7.22. The predicted molar refractivity (Wildman–Crippen MR) is 90.7 cm³/mol. The van der Waals surface area contributed by atoms with Crippen molar-refractivity contribution >= 4 is 17.8 Å². The van der Waals surface area contributed by atoms with Crippen LogP contribution in [-0.2, 0) is 0 Å². The first-order chi connectivity index (χ1) is 11.6. The molecule has 6 nitrogen and oxygen atoms in total. The summed E-state index contributed by atoms with van der Waals surface area (Å²) in [6, 6.07) is 17.0. The molecule has 3 aromatic rings. The van der Waals surface area contributed by atoms with Crippen molar-refractivity contribution in [2.75, 3.05) is 0 Å². The largest absolute Gasteiger partial charge is 0.710 e. The zero-order chi connectivity index (χ0) is 16.9. The summed E-state index contributed by atoms with van der Waals surface area (Å²) in [4.78, 5) is 14.4. The first kappa shape index (κ1) is 15.4. The number of non-ortho nitro benzene ring substituents is 1. The van der Waals surface area contributed by atoms with Crippen molar-refractivity contribution in [2.45, 2.75) is 0 Å². The van der Waals surface area contributed by atoms with Crippen LogP contribution in [0.1, 0.15) is 11.3 Å². The van der Waals surface area contributed by atoms with Gasteiger partial charge in [0, 0.05) is 18.2 Å². The molecule has 24 heavy (non-hydrogen) atoms. The van der Waals surface area contributed by atoms with Crippen LogP contribution in [0, 0.1) is 15.3 Å². The van der Waals surface area contributed by atoms with Gasteiger partial charge < -0.3 is 5.21 Å². The molecule has 2 aromatic carbocycles. The van der Waals surface area contributed by atoms with Gasteiger partial charge in [-0.15, -0.1) is 0 Å². The van der Waals surface area contributed by atoms with E-state index in [0.29, 0.717) is 16.0 Å². The maximum absolute atomic E-state index is 12.5. The highest BCUT2D eigenvalue weighted by atomic mass is 16.6. The number of nitrogens with zero attached hydrogens (tertiary/aromatic N) is 3. The van der Waals surface area contributed by atoms with Gasteiger partial charge in [0.1, 0.15) is 11.9 Å². The Bertz CT molecular complexity index is 908.